The van der Waals surface area contributed by atoms with Gasteiger partial charge < -0.3 is 9.64 Å². The van der Waals surface area contributed by atoms with Crippen LogP contribution in [0, 0.1) is 11.6 Å². The number of hydrogen-bond acceptors (Lipinski definition) is 3. The van der Waals surface area contributed by atoms with Crippen molar-refractivity contribution in [3.05, 3.63) is 35.4 Å². The Hall–Kier alpha value is -1.53. The summed E-state index contributed by atoms with van der Waals surface area (Å²) in [4.78, 5) is 14.0. The van der Waals surface area contributed by atoms with Crippen LogP contribution in [0.3, 0.4) is 0 Å². The SMILES string of the molecule is COCCN1C(=O)C2(CC2)NC1c1ccc(F)c(F)c1. The fourth-order valence-corrected chi connectivity index (χ4v) is 2.64. The molecule has 1 amide bonds. The number of halogens is 2. The Balaban J connectivity index is 1.89. The van der Waals surface area contributed by atoms with Gasteiger partial charge >= 0.3 is 0 Å². The Bertz CT molecular complexity index is 546. The van der Waals surface area contributed by atoms with E-state index in [2.05, 4.69) is 5.32 Å². The molecule has 4 nitrogen and oxygen atoms in total. The predicted octanol–water partition coefficient (Wildman–Crippen LogP) is 1.57. The standard InChI is InChI=1S/C14H16F2N2O2/c1-20-7-6-18-12(17-14(4-5-14)13(18)19)9-2-3-10(15)11(16)8-9/h2-3,8,12,17H,4-7H2,1H3. The summed E-state index contributed by atoms with van der Waals surface area (Å²) in [6, 6.07) is 3.73. The zero-order valence-corrected chi connectivity index (χ0v) is 11.2. The number of carbonyl (C=O) groups is 1. The Morgan fingerprint density at radius 2 is 2.15 bits per heavy atom. The number of nitrogens with one attached hydrogen (secondary N) is 1. The first-order valence-electron chi connectivity index (χ1n) is 6.60. The first-order valence-corrected chi connectivity index (χ1v) is 6.60. The average molecular weight is 282 g/mol. The molecule has 1 saturated carbocycles. The van der Waals surface area contributed by atoms with E-state index in [1.165, 1.54) is 6.07 Å². The molecule has 1 spiro atoms. The van der Waals surface area contributed by atoms with Crippen molar-refractivity contribution in [2.24, 2.45) is 0 Å². The molecule has 1 aromatic carbocycles. The lowest BCUT2D eigenvalue weighted by Gasteiger charge is -2.24. The van der Waals surface area contributed by atoms with Crippen LogP contribution in [0.5, 0.6) is 0 Å². The van der Waals surface area contributed by atoms with E-state index in [9.17, 15) is 13.6 Å². The highest BCUT2D eigenvalue weighted by atomic mass is 19.2. The van der Waals surface area contributed by atoms with E-state index in [0.717, 1.165) is 25.0 Å². The molecular weight excluding hydrogens is 266 g/mol. The highest BCUT2D eigenvalue weighted by Crippen LogP contribution is 2.45. The van der Waals surface area contributed by atoms with Gasteiger partial charge in [0.2, 0.25) is 5.91 Å². The van der Waals surface area contributed by atoms with E-state index >= 15 is 0 Å². The van der Waals surface area contributed by atoms with E-state index in [0.29, 0.717) is 18.7 Å². The molecule has 0 bridgehead atoms. The zero-order valence-electron chi connectivity index (χ0n) is 11.2. The van der Waals surface area contributed by atoms with Crippen molar-refractivity contribution < 1.29 is 18.3 Å². The lowest BCUT2D eigenvalue weighted by atomic mass is 10.1. The van der Waals surface area contributed by atoms with Crippen LogP contribution in [0.2, 0.25) is 0 Å². The largest absolute Gasteiger partial charge is 0.383 e. The van der Waals surface area contributed by atoms with Gasteiger partial charge in [0, 0.05) is 13.7 Å². The third kappa shape index (κ3) is 2.09. The Kier molecular flexibility index (Phi) is 3.22. The van der Waals surface area contributed by atoms with Crippen molar-refractivity contribution in [1.29, 1.82) is 0 Å². The van der Waals surface area contributed by atoms with Gasteiger partial charge in [-0.3, -0.25) is 10.1 Å². The van der Waals surface area contributed by atoms with Crippen LogP contribution in [0.25, 0.3) is 0 Å². The number of ether oxygens (including phenoxy) is 1. The number of amides is 1. The Labute approximate surface area is 115 Å². The molecule has 1 saturated heterocycles. The molecule has 3 rings (SSSR count). The summed E-state index contributed by atoms with van der Waals surface area (Å²) < 4.78 is 31.4. The lowest BCUT2D eigenvalue weighted by molar-refractivity contribution is -0.131. The number of rotatable bonds is 4. The molecule has 1 aliphatic carbocycles. The highest BCUT2D eigenvalue weighted by molar-refractivity contribution is 5.92. The minimum Gasteiger partial charge on any atom is -0.383 e. The van der Waals surface area contributed by atoms with Gasteiger partial charge in [-0.05, 0) is 30.5 Å². The molecule has 2 aliphatic rings. The Morgan fingerprint density at radius 1 is 1.40 bits per heavy atom. The van der Waals surface area contributed by atoms with Crippen LogP contribution in [0.4, 0.5) is 8.78 Å². The number of carbonyl (C=O) groups excluding carboxylic acids is 1. The average Bonchev–Trinajstić information content (AvgIpc) is 3.16. The quantitative estimate of drug-likeness (QED) is 0.911. The van der Waals surface area contributed by atoms with E-state index in [1.54, 1.807) is 12.0 Å². The third-order valence-electron chi connectivity index (χ3n) is 3.94. The number of hydrogen-bond donors (Lipinski definition) is 1. The summed E-state index contributed by atoms with van der Waals surface area (Å²) in [6.45, 7) is 0.831. The van der Waals surface area contributed by atoms with Crippen molar-refractivity contribution in [3.63, 3.8) is 0 Å². The topological polar surface area (TPSA) is 41.6 Å². The summed E-state index contributed by atoms with van der Waals surface area (Å²) in [7, 11) is 1.56. The first-order chi connectivity index (χ1) is 9.57. The van der Waals surface area contributed by atoms with Crippen LogP contribution in [-0.2, 0) is 9.53 Å². The molecule has 1 N–H and O–H groups in total. The second-order valence-corrected chi connectivity index (χ2v) is 5.29. The molecule has 20 heavy (non-hydrogen) atoms. The van der Waals surface area contributed by atoms with Gasteiger partial charge in [-0.2, -0.15) is 0 Å². The molecule has 6 heteroatoms. The van der Waals surface area contributed by atoms with Gasteiger partial charge in [0.1, 0.15) is 11.7 Å². The van der Waals surface area contributed by atoms with Crippen LogP contribution in [0.15, 0.2) is 18.2 Å². The van der Waals surface area contributed by atoms with Crippen LogP contribution in [-0.4, -0.2) is 36.6 Å². The smallest absolute Gasteiger partial charge is 0.244 e. The molecule has 1 unspecified atom stereocenters. The summed E-state index contributed by atoms with van der Waals surface area (Å²) in [5, 5.41) is 3.24. The van der Waals surface area contributed by atoms with Crippen molar-refractivity contribution in [2.75, 3.05) is 20.3 Å². The van der Waals surface area contributed by atoms with Gasteiger partial charge in [-0.1, -0.05) is 6.07 Å². The fraction of sp³-hybridized carbons (Fsp3) is 0.500. The van der Waals surface area contributed by atoms with Crippen LogP contribution < -0.4 is 5.32 Å². The second-order valence-electron chi connectivity index (χ2n) is 5.29. The summed E-state index contributed by atoms with van der Waals surface area (Å²) in [5.74, 6) is -1.77. The van der Waals surface area contributed by atoms with Crippen LogP contribution in [0.1, 0.15) is 24.6 Å². The Morgan fingerprint density at radius 3 is 2.75 bits per heavy atom. The zero-order chi connectivity index (χ0) is 14.3. The monoisotopic (exact) mass is 282 g/mol. The predicted molar refractivity (Wildman–Crippen MR) is 67.8 cm³/mol. The minimum absolute atomic E-state index is 0.0179. The van der Waals surface area contributed by atoms with Gasteiger partial charge in [0.25, 0.3) is 0 Å². The van der Waals surface area contributed by atoms with E-state index in [1.807, 2.05) is 0 Å². The highest BCUT2D eigenvalue weighted by Gasteiger charge is 2.59. The van der Waals surface area contributed by atoms with Gasteiger partial charge in [-0.15, -0.1) is 0 Å². The fourth-order valence-electron chi connectivity index (χ4n) is 2.64. The molecule has 1 aromatic rings. The van der Waals surface area contributed by atoms with Crippen molar-refractivity contribution in [3.8, 4) is 0 Å². The minimum atomic E-state index is -0.903. The number of methoxy groups -OCH3 is 1. The number of benzene rings is 1. The van der Waals surface area contributed by atoms with Crippen LogP contribution >= 0.6 is 0 Å². The summed E-state index contributed by atoms with van der Waals surface area (Å²) in [6.07, 6.45) is 1.15. The van der Waals surface area contributed by atoms with Crippen molar-refractivity contribution in [2.45, 2.75) is 24.5 Å². The van der Waals surface area contributed by atoms with Gasteiger partial charge in [-0.25, -0.2) is 8.78 Å². The maximum Gasteiger partial charge on any atom is 0.244 e. The number of nitrogens with zero attached hydrogens (tertiary/aromatic N) is 1. The molecule has 1 heterocycles. The molecule has 1 atom stereocenters. The van der Waals surface area contributed by atoms with Gasteiger partial charge in [0.05, 0.1) is 6.61 Å². The van der Waals surface area contributed by atoms with Gasteiger partial charge in [0.15, 0.2) is 11.6 Å². The normalized spacial score (nSPS) is 23.6. The molecule has 0 radical (unpaired) electrons. The summed E-state index contributed by atoms with van der Waals surface area (Å²) >= 11 is 0. The van der Waals surface area contributed by atoms with Crippen molar-refractivity contribution >= 4 is 5.91 Å². The molecule has 1 aliphatic heterocycles. The lowest BCUT2D eigenvalue weighted by Crippen LogP contribution is -2.34. The first kappa shape index (κ1) is 13.5. The second kappa shape index (κ2) is 4.79. The van der Waals surface area contributed by atoms with Crippen molar-refractivity contribution in [1.82, 2.24) is 10.2 Å². The maximum atomic E-state index is 13.4. The van der Waals surface area contributed by atoms with E-state index in [4.69, 9.17) is 4.74 Å². The molecule has 2 fully saturated rings. The van der Waals surface area contributed by atoms with E-state index in [-0.39, 0.29) is 5.91 Å². The molecule has 0 aromatic heterocycles. The van der Waals surface area contributed by atoms with E-state index < -0.39 is 23.3 Å². The molecular formula is C14H16F2N2O2. The third-order valence-corrected chi connectivity index (χ3v) is 3.94. The maximum absolute atomic E-state index is 13.4. The molecule has 108 valence electrons. The summed E-state index contributed by atoms with van der Waals surface area (Å²) in [5.41, 5.74) is 0.0561.